The van der Waals surface area contributed by atoms with Gasteiger partial charge in [-0.05, 0) is 49.9 Å². The van der Waals surface area contributed by atoms with Gasteiger partial charge in [0.15, 0.2) is 0 Å². The van der Waals surface area contributed by atoms with Crippen molar-refractivity contribution in [3.8, 4) is 0 Å². The fourth-order valence-electron chi connectivity index (χ4n) is 2.96. The van der Waals surface area contributed by atoms with Crippen LogP contribution in [0, 0.1) is 5.92 Å². The van der Waals surface area contributed by atoms with Crippen molar-refractivity contribution in [3.05, 3.63) is 34.3 Å². The van der Waals surface area contributed by atoms with Crippen LogP contribution in [0.4, 0.5) is 0 Å². The molecule has 0 spiro atoms. The first kappa shape index (κ1) is 20.9. The van der Waals surface area contributed by atoms with Gasteiger partial charge in [0.05, 0.1) is 0 Å². The van der Waals surface area contributed by atoms with Gasteiger partial charge in [0.25, 0.3) is 5.91 Å². The van der Waals surface area contributed by atoms with Crippen molar-refractivity contribution < 1.29 is 9.59 Å². The van der Waals surface area contributed by atoms with Crippen LogP contribution in [-0.2, 0) is 4.79 Å². The Kier molecular flexibility index (Phi) is 8.19. The van der Waals surface area contributed by atoms with Crippen molar-refractivity contribution in [1.29, 1.82) is 0 Å². The minimum Gasteiger partial charge on any atom is -0.341 e. The minimum atomic E-state index is -0.561. The second kappa shape index (κ2) is 9.39. The van der Waals surface area contributed by atoms with Gasteiger partial charge in [-0.1, -0.05) is 22.9 Å². The molecule has 3 N–H and O–H groups in total. The van der Waals surface area contributed by atoms with E-state index in [4.69, 9.17) is 5.73 Å². The van der Waals surface area contributed by atoms with E-state index in [0.717, 1.165) is 17.3 Å². The third-order valence-corrected chi connectivity index (χ3v) is 4.89. The highest BCUT2D eigenvalue weighted by Gasteiger charge is 2.31. The summed E-state index contributed by atoms with van der Waals surface area (Å²) in [5.74, 6) is 0.283. The second-order valence-electron chi connectivity index (χ2n) is 6.25. The van der Waals surface area contributed by atoms with Crippen LogP contribution in [0.15, 0.2) is 28.7 Å². The molecule has 0 aliphatic carbocycles. The van der Waals surface area contributed by atoms with Crippen LogP contribution in [0.1, 0.15) is 37.0 Å². The molecule has 1 aromatic carbocycles. The number of piperidine rings is 1. The average molecular weight is 419 g/mol. The quantitative estimate of drug-likeness (QED) is 0.789. The molecule has 0 radical (unpaired) electrons. The second-order valence-corrected chi connectivity index (χ2v) is 7.17. The van der Waals surface area contributed by atoms with Gasteiger partial charge < -0.3 is 16.0 Å². The molecule has 5 nitrogen and oxygen atoms in total. The number of likely N-dealkylation sites (tertiary alicyclic amines) is 1. The Bertz CT molecular complexity index is 567. The molecule has 0 saturated carbocycles. The lowest BCUT2D eigenvalue weighted by molar-refractivity contribution is -0.136. The van der Waals surface area contributed by atoms with Gasteiger partial charge in [-0.15, -0.1) is 12.4 Å². The zero-order chi connectivity index (χ0) is 17.0. The molecule has 3 atom stereocenters. The predicted octanol–water partition coefficient (Wildman–Crippen LogP) is 2.58. The maximum atomic E-state index is 12.6. The highest BCUT2D eigenvalue weighted by Crippen LogP contribution is 2.22. The van der Waals surface area contributed by atoms with E-state index in [9.17, 15) is 9.59 Å². The van der Waals surface area contributed by atoms with Crippen molar-refractivity contribution >= 4 is 40.2 Å². The Balaban J connectivity index is 0.00000288. The Morgan fingerprint density at radius 3 is 2.58 bits per heavy atom. The molecule has 2 amide bonds. The Labute approximate surface area is 157 Å². The number of carbonyl (C=O) groups is 2. The number of carbonyl (C=O) groups excluding carboxylic acids is 2. The van der Waals surface area contributed by atoms with Crippen molar-refractivity contribution in [2.45, 2.75) is 38.8 Å². The maximum Gasteiger partial charge on any atom is 0.251 e. The number of rotatable bonds is 4. The topological polar surface area (TPSA) is 75.4 Å². The molecular formula is C17H25BrClN3O2. The van der Waals surface area contributed by atoms with E-state index < -0.39 is 6.04 Å². The largest absolute Gasteiger partial charge is 0.341 e. The number of amides is 2. The van der Waals surface area contributed by atoms with E-state index in [-0.39, 0.29) is 30.3 Å². The third kappa shape index (κ3) is 5.19. The molecule has 1 heterocycles. The summed E-state index contributed by atoms with van der Waals surface area (Å²) in [5, 5.41) is 2.78. The van der Waals surface area contributed by atoms with Gasteiger partial charge in [-0.25, -0.2) is 0 Å². The highest BCUT2D eigenvalue weighted by atomic mass is 79.9. The summed E-state index contributed by atoms with van der Waals surface area (Å²) in [5.41, 5.74) is 6.35. The summed E-state index contributed by atoms with van der Waals surface area (Å²) in [6.45, 7) is 5.08. The number of benzene rings is 1. The molecule has 1 aliphatic heterocycles. The highest BCUT2D eigenvalue weighted by molar-refractivity contribution is 9.10. The van der Waals surface area contributed by atoms with Crippen LogP contribution in [0.5, 0.6) is 0 Å². The maximum absolute atomic E-state index is 12.6. The van der Waals surface area contributed by atoms with Crippen molar-refractivity contribution in [3.63, 3.8) is 0 Å². The molecule has 0 bridgehead atoms. The van der Waals surface area contributed by atoms with E-state index in [0.29, 0.717) is 24.6 Å². The van der Waals surface area contributed by atoms with Gasteiger partial charge in [-0.3, -0.25) is 9.59 Å². The van der Waals surface area contributed by atoms with Crippen LogP contribution in [0.25, 0.3) is 0 Å². The minimum absolute atomic E-state index is 0. The Hall–Kier alpha value is -1.11. The summed E-state index contributed by atoms with van der Waals surface area (Å²) in [4.78, 5) is 26.7. The molecule has 1 saturated heterocycles. The fourth-order valence-corrected chi connectivity index (χ4v) is 3.22. The molecule has 7 heteroatoms. The van der Waals surface area contributed by atoms with E-state index in [1.54, 1.807) is 31.2 Å². The van der Waals surface area contributed by atoms with Crippen LogP contribution in [0.3, 0.4) is 0 Å². The molecule has 1 aliphatic rings. The lowest BCUT2D eigenvalue weighted by atomic mass is 9.92. The molecular weight excluding hydrogens is 394 g/mol. The van der Waals surface area contributed by atoms with Crippen molar-refractivity contribution in [2.24, 2.45) is 11.7 Å². The van der Waals surface area contributed by atoms with Gasteiger partial charge >= 0.3 is 0 Å². The summed E-state index contributed by atoms with van der Waals surface area (Å²) >= 11 is 3.34. The van der Waals surface area contributed by atoms with Crippen molar-refractivity contribution in [1.82, 2.24) is 10.2 Å². The molecule has 1 aromatic rings. The smallest absolute Gasteiger partial charge is 0.251 e. The normalized spacial score (nSPS) is 21.6. The predicted molar refractivity (Wildman–Crippen MR) is 101 cm³/mol. The summed E-state index contributed by atoms with van der Waals surface area (Å²) in [7, 11) is 0. The molecule has 24 heavy (non-hydrogen) atoms. The first-order valence-electron chi connectivity index (χ1n) is 7.99. The fraction of sp³-hybridized carbons (Fsp3) is 0.529. The molecule has 3 unspecified atom stereocenters. The summed E-state index contributed by atoms with van der Waals surface area (Å²) < 4.78 is 0.909. The van der Waals surface area contributed by atoms with Crippen LogP contribution in [0.2, 0.25) is 0 Å². The first-order valence-corrected chi connectivity index (χ1v) is 8.78. The van der Waals surface area contributed by atoms with Gasteiger partial charge in [0, 0.05) is 29.2 Å². The zero-order valence-electron chi connectivity index (χ0n) is 14.0. The first-order chi connectivity index (χ1) is 10.9. The number of nitrogens with zero attached hydrogens (tertiary/aromatic N) is 1. The number of hydrogen-bond acceptors (Lipinski definition) is 3. The van der Waals surface area contributed by atoms with Gasteiger partial charge in [0.2, 0.25) is 5.91 Å². The lowest BCUT2D eigenvalue weighted by Gasteiger charge is -2.39. The van der Waals surface area contributed by atoms with E-state index in [2.05, 4.69) is 28.2 Å². The number of halogens is 2. The summed E-state index contributed by atoms with van der Waals surface area (Å²) in [6, 6.07) is 6.56. The molecule has 1 fully saturated rings. The van der Waals surface area contributed by atoms with Gasteiger partial charge in [-0.2, -0.15) is 0 Å². The van der Waals surface area contributed by atoms with Crippen LogP contribution < -0.4 is 11.1 Å². The monoisotopic (exact) mass is 417 g/mol. The Morgan fingerprint density at radius 2 is 2.00 bits per heavy atom. The van der Waals surface area contributed by atoms with Crippen LogP contribution >= 0.6 is 28.3 Å². The van der Waals surface area contributed by atoms with E-state index >= 15 is 0 Å². The number of nitrogens with one attached hydrogen (secondary N) is 1. The number of nitrogens with two attached hydrogens (primary N) is 1. The summed E-state index contributed by atoms with van der Waals surface area (Å²) in [6.07, 6.45) is 1.91. The van der Waals surface area contributed by atoms with E-state index in [1.165, 1.54) is 0 Å². The van der Waals surface area contributed by atoms with Crippen molar-refractivity contribution in [2.75, 3.05) is 13.1 Å². The molecule has 2 rings (SSSR count). The number of hydrogen-bond donors (Lipinski definition) is 2. The standard InChI is InChI=1S/C17H24BrN3O2.ClH/c1-11-7-8-21(15(9-11)10-19)17(23)12(2)20-16(22)13-3-5-14(18)6-4-13;/h3-6,11-12,15H,7-10,19H2,1-2H3,(H,20,22);1H. The average Bonchev–Trinajstić information content (AvgIpc) is 2.54. The molecule has 0 aromatic heterocycles. The Morgan fingerprint density at radius 1 is 1.38 bits per heavy atom. The lowest BCUT2D eigenvalue weighted by Crippen LogP contribution is -2.55. The van der Waals surface area contributed by atoms with Gasteiger partial charge in [0.1, 0.15) is 6.04 Å². The van der Waals surface area contributed by atoms with Crippen LogP contribution in [-0.4, -0.2) is 41.9 Å². The molecule has 134 valence electrons. The zero-order valence-corrected chi connectivity index (χ0v) is 16.4. The van der Waals surface area contributed by atoms with E-state index in [1.807, 2.05) is 4.90 Å². The third-order valence-electron chi connectivity index (χ3n) is 4.36. The SMILES string of the molecule is CC1CCN(C(=O)C(C)NC(=O)c2ccc(Br)cc2)C(CN)C1.Cl.